The Balaban J connectivity index is 1.85. The van der Waals surface area contributed by atoms with Crippen molar-refractivity contribution in [2.75, 3.05) is 0 Å². The molecule has 0 radical (unpaired) electrons. The van der Waals surface area contributed by atoms with E-state index in [9.17, 15) is 14.4 Å². The van der Waals surface area contributed by atoms with Gasteiger partial charge in [-0.1, -0.05) is 12.1 Å². The molecular weight excluding hydrogens is 426 g/mol. The van der Waals surface area contributed by atoms with Gasteiger partial charge < -0.3 is 14.2 Å². The number of hydrogen-bond acceptors (Lipinski definition) is 9. The van der Waals surface area contributed by atoms with Gasteiger partial charge in [-0.05, 0) is 47.5 Å². The van der Waals surface area contributed by atoms with E-state index in [2.05, 4.69) is 15.0 Å². The molecule has 33 heavy (non-hydrogen) atoms. The molecule has 0 aliphatic rings. The lowest BCUT2D eigenvalue weighted by Gasteiger charge is -2.10. The Labute approximate surface area is 187 Å². The maximum atomic E-state index is 10.7. The van der Waals surface area contributed by atoms with Crippen molar-refractivity contribution in [1.29, 1.82) is 0 Å². The van der Waals surface area contributed by atoms with Crippen LogP contribution in [0.15, 0.2) is 73.1 Å². The Morgan fingerprint density at radius 2 is 1.00 bits per heavy atom. The first-order valence-corrected chi connectivity index (χ1v) is 9.56. The Hall–Kier alpha value is -4.92. The fraction of sp³-hybridized carbons (Fsp3) is 0. The first kappa shape index (κ1) is 21.3. The molecule has 0 N–H and O–H groups in total. The van der Waals surface area contributed by atoms with Gasteiger partial charge >= 0.3 is 0 Å². The van der Waals surface area contributed by atoms with E-state index in [1.54, 1.807) is 48.5 Å². The maximum absolute atomic E-state index is 10.7. The number of ether oxygens (including phenoxy) is 3. The van der Waals surface area contributed by atoms with Gasteiger partial charge in [-0.2, -0.15) is 0 Å². The summed E-state index contributed by atoms with van der Waals surface area (Å²) < 4.78 is 14.7. The van der Waals surface area contributed by atoms with Crippen molar-refractivity contribution < 1.29 is 28.6 Å². The highest BCUT2D eigenvalue weighted by Crippen LogP contribution is 2.31. The number of carbonyl (C=O) groups excluding carboxylic acids is 3. The van der Waals surface area contributed by atoms with E-state index in [1.807, 2.05) is 12.1 Å². The SMILES string of the molecule is O=COc1ccc(-c2cc(-c3cc(OC=O)ccn3)nc(-c3cc(OC=O)ccn3)c2)cc1. The van der Waals surface area contributed by atoms with Crippen LogP contribution in [-0.2, 0) is 14.4 Å². The predicted molar refractivity (Wildman–Crippen MR) is 116 cm³/mol. The van der Waals surface area contributed by atoms with E-state index in [1.165, 1.54) is 12.4 Å². The molecule has 9 heteroatoms. The van der Waals surface area contributed by atoms with Crippen LogP contribution in [0.25, 0.3) is 33.9 Å². The van der Waals surface area contributed by atoms with Gasteiger partial charge in [0.05, 0.1) is 22.8 Å². The third-order valence-corrected chi connectivity index (χ3v) is 4.55. The van der Waals surface area contributed by atoms with E-state index in [0.717, 1.165) is 11.1 Å². The smallest absolute Gasteiger partial charge is 0.298 e. The average molecular weight is 441 g/mol. The fourth-order valence-electron chi connectivity index (χ4n) is 3.10. The third kappa shape index (κ3) is 5.05. The molecule has 162 valence electrons. The summed E-state index contributed by atoms with van der Waals surface area (Å²) in [5.41, 5.74) is 3.53. The molecule has 4 rings (SSSR count). The molecule has 0 spiro atoms. The lowest BCUT2D eigenvalue weighted by atomic mass is 10.0. The van der Waals surface area contributed by atoms with E-state index in [-0.39, 0.29) is 0 Å². The second-order valence-corrected chi connectivity index (χ2v) is 6.55. The molecule has 0 unspecified atom stereocenters. The monoisotopic (exact) mass is 441 g/mol. The van der Waals surface area contributed by atoms with E-state index in [4.69, 9.17) is 14.2 Å². The van der Waals surface area contributed by atoms with Crippen LogP contribution in [-0.4, -0.2) is 34.4 Å². The molecule has 3 aromatic heterocycles. The second-order valence-electron chi connectivity index (χ2n) is 6.55. The standard InChI is InChI=1S/C24H15N3O6/c28-13-31-18-3-1-16(2-4-18)17-9-23(21-11-19(32-14-29)5-7-25-21)27-24(10-17)22-12-20(33-15-30)6-8-26-22/h1-15H. The van der Waals surface area contributed by atoms with Gasteiger partial charge in [0.25, 0.3) is 19.4 Å². The lowest BCUT2D eigenvalue weighted by molar-refractivity contribution is -0.121. The van der Waals surface area contributed by atoms with Crippen LogP contribution in [0.4, 0.5) is 0 Å². The van der Waals surface area contributed by atoms with Gasteiger partial charge in [0.1, 0.15) is 17.2 Å². The minimum absolute atomic E-state index is 0.318. The van der Waals surface area contributed by atoms with Crippen molar-refractivity contribution in [3.05, 3.63) is 73.1 Å². The summed E-state index contributed by atoms with van der Waals surface area (Å²) >= 11 is 0. The van der Waals surface area contributed by atoms with Crippen molar-refractivity contribution in [2.24, 2.45) is 0 Å². The summed E-state index contributed by atoms with van der Waals surface area (Å²) in [7, 11) is 0. The molecule has 0 saturated carbocycles. The Kier molecular flexibility index (Phi) is 6.41. The lowest BCUT2D eigenvalue weighted by Crippen LogP contribution is -1.96. The summed E-state index contributed by atoms with van der Waals surface area (Å²) in [5.74, 6) is 1.04. The van der Waals surface area contributed by atoms with Gasteiger partial charge in [-0.25, -0.2) is 4.98 Å². The topological polar surface area (TPSA) is 118 Å². The molecular formula is C24H15N3O6. The second kappa shape index (κ2) is 9.92. The van der Waals surface area contributed by atoms with Crippen molar-refractivity contribution in [2.45, 2.75) is 0 Å². The summed E-state index contributed by atoms with van der Waals surface area (Å²) in [4.78, 5) is 45.4. The van der Waals surface area contributed by atoms with Gasteiger partial charge in [0, 0.05) is 24.5 Å². The molecule has 0 aliphatic heterocycles. The van der Waals surface area contributed by atoms with E-state index in [0.29, 0.717) is 59.4 Å². The van der Waals surface area contributed by atoms with Crippen LogP contribution >= 0.6 is 0 Å². The number of aromatic nitrogens is 3. The molecule has 4 aromatic rings. The zero-order valence-electron chi connectivity index (χ0n) is 17.0. The molecule has 0 bridgehead atoms. The fourth-order valence-corrected chi connectivity index (χ4v) is 3.10. The summed E-state index contributed by atoms with van der Waals surface area (Å²) in [5, 5.41) is 0. The highest BCUT2D eigenvalue weighted by atomic mass is 16.5. The highest BCUT2D eigenvalue weighted by molar-refractivity contribution is 5.75. The van der Waals surface area contributed by atoms with Crippen molar-refractivity contribution >= 4 is 19.4 Å². The Morgan fingerprint density at radius 1 is 0.515 bits per heavy atom. The zero-order chi connectivity index (χ0) is 23.0. The average Bonchev–Trinajstić information content (AvgIpc) is 2.85. The first-order valence-electron chi connectivity index (χ1n) is 9.56. The molecule has 1 aromatic carbocycles. The number of hydrogen-bond donors (Lipinski definition) is 0. The summed E-state index contributed by atoms with van der Waals surface area (Å²) in [6.07, 6.45) is 3.01. The Morgan fingerprint density at radius 3 is 1.48 bits per heavy atom. The first-order chi connectivity index (χ1) is 16.2. The van der Waals surface area contributed by atoms with Crippen LogP contribution < -0.4 is 14.2 Å². The highest BCUT2D eigenvalue weighted by Gasteiger charge is 2.12. The van der Waals surface area contributed by atoms with Crippen LogP contribution in [0.3, 0.4) is 0 Å². The van der Waals surface area contributed by atoms with Gasteiger partial charge in [0.15, 0.2) is 0 Å². The number of nitrogens with zero attached hydrogens (tertiary/aromatic N) is 3. The molecule has 0 aliphatic carbocycles. The Bertz CT molecular complexity index is 1240. The van der Waals surface area contributed by atoms with Crippen LogP contribution in [0.1, 0.15) is 0 Å². The van der Waals surface area contributed by atoms with Gasteiger partial charge in [-0.3, -0.25) is 24.4 Å². The zero-order valence-corrected chi connectivity index (χ0v) is 17.0. The van der Waals surface area contributed by atoms with Crippen LogP contribution in [0.2, 0.25) is 0 Å². The molecule has 0 amide bonds. The van der Waals surface area contributed by atoms with Crippen molar-refractivity contribution in [3.63, 3.8) is 0 Å². The van der Waals surface area contributed by atoms with Gasteiger partial charge in [0.2, 0.25) is 0 Å². The van der Waals surface area contributed by atoms with Crippen LogP contribution in [0, 0.1) is 0 Å². The predicted octanol–water partition coefficient (Wildman–Crippen LogP) is 3.48. The molecule has 9 nitrogen and oxygen atoms in total. The molecule has 0 fully saturated rings. The van der Waals surface area contributed by atoms with Gasteiger partial charge in [-0.15, -0.1) is 0 Å². The van der Waals surface area contributed by atoms with Crippen molar-refractivity contribution in [1.82, 2.24) is 15.0 Å². The number of rotatable bonds is 9. The number of benzene rings is 1. The largest absolute Gasteiger partial charge is 0.429 e. The normalized spacial score (nSPS) is 10.2. The number of pyridine rings is 3. The number of carbonyl (C=O) groups is 3. The minimum Gasteiger partial charge on any atom is -0.429 e. The molecule has 0 atom stereocenters. The molecule has 0 saturated heterocycles. The quantitative estimate of drug-likeness (QED) is 0.360. The summed E-state index contributed by atoms with van der Waals surface area (Å²) in [6, 6.07) is 16.8. The minimum atomic E-state index is 0.318. The third-order valence-electron chi connectivity index (χ3n) is 4.55. The molecule has 3 heterocycles. The van der Waals surface area contributed by atoms with E-state index >= 15 is 0 Å². The maximum Gasteiger partial charge on any atom is 0.298 e. The van der Waals surface area contributed by atoms with Crippen LogP contribution in [0.5, 0.6) is 17.2 Å². The van der Waals surface area contributed by atoms with Crippen molar-refractivity contribution in [3.8, 4) is 51.2 Å². The summed E-state index contributed by atoms with van der Waals surface area (Å²) in [6.45, 7) is 1.03. The van der Waals surface area contributed by atoms with E-state index < -0.39 is 0 Å².